The standard InChI is InChI=1S/C14H22FN3/c1-9(2)8-17-14(16)18-11(4)12-6-5-10(3)13(15)7-12/h5-7,9,11H,8H2,1-4H3,(H3,16,17,18). The van der Waals surface area contributed by atoms with Crippen LogP contribution in [-0.2, 0) is 0 Å². The number of nitrogens with one attached hydrogen (secondary N) is 1. The molecule has 0 bridgehead atoms. The monoisotopic (exact) mass is 251 g/mol. The number of guanidine groups is 1. The van der Waals surface area contributed by atoms with E-state index in [0.29, 0.717) is 24.0 Å². The molecule has 0 amide bonds. The molecule has 1 atom stereocenters. The third-order valence-corrected chi connectivity index (χ3v) is 2.69. The summed E-state index contributed by atoms with van der Waals surface area (Å²) >= 11 is 0. The van der Waals surface area contributed by atoms with Gasteiger partial charge >= 0.3 is 0 Å². The van der Waals surface area contributed by atoms with Gasteiger partial charge in [0.05, 0.1) is 6.04 Å². The van der Waals surface area contributed by atoms with Crippen LogP contribution in [0.2, 0.25) is 0 Å². The van der Waals surface area contributed by atoms with E-state index >= 15 is 0 Å². The number of halogens is 1. The highest BCUT2D eigenvalue weighted by Crippen LogP contribution is 2.15. The summed E-state index contributed by atoms with van der Waals surface area (Å²) < 4.78 is 13.4. The van der Waals surface area contributed by atoms with Crippen LogP contribution in [0.1, 0.15) is 37.9 Å². The average molecular weight is 251 g/mol. The minimum Gasteiger partial charge on any atom is -0.370 e. The predicted molar refractivity (Wildman–Crippen MR) is 74.0 cm³/mol. The van der Waals surface area contributed by atoms with E-state index in [2.05, 4.69) is 24.2 Å². The number of hydrogen-bond acceptors (Lipinski definition) is 1. The maximum Gasteiger partial charge on any atom is 0.189 e. The molecule has 0 saturated carbocycles. The fourth-order valence-electron chi connectivity index (χ4n) is 1.51. The number of aliphatic imine (C=N–C) groups is 1. The van der Waals surface area contributed by atoms with Gasteiger partial charge in [-0.3, -0.25) is 4.99 Å². The number of rotatable bonds is 4. The molecule has 0 aliphatic heterocycles. The topological polar surface area (TPSA) is 50.4 Å². The SMILES string of the molecule is Cc1ccc(C(C)NC(N)=NCC(C)C)cc1F. The summed E-state index contributed by atoms with van der Waals surface area (Å²) in [5.74, 6) is 0.675. The number of nitrogens with zero attached hydrogens (tertiary/aromatic N) is 1. The minimum atomic E-state index is -0.196. The van der Waals surface area contributed by atoms with E-state index in [0.717, 1.165) is 5.56 Å². The number of benzene rings is 1. The van der Waals surface area contributed by atoms with Crippen molar-refractivity contribution in [3.63, 3.8) is 0 Å². The maximum atomic E-state index is 13.4. The quantitative estimate of drug-likeness (QED) is 0.638. The van der Waals surface area contributed by atoms with Crippen molar-refractivity contribution in [2.75, 3.05) is 6.54 Å². The molecule has 18 heavy (non-hydrogen) atoms. The molecule has 1 aromatic carbocycles. The Morgan fingerprint density at radius 1 is 1.39 bits per heavy atom. The average Bonchev–Trinajstić information content (AvgIpc) is 2.30. The molecule has 0 radical (unpaired) electrons. The lowest BCUT2D eigenvalue weighted by Gasteiger charge is -2.15. The van der Waals surface area contributed by atoms with Gasteiger partial charge in [-0.05, 0) is 37.0 Å². The summed E-state index contributed by atoms with van der Waals surface area (Å²) in [5, 5.41) is 3.06. The number of aryl methyl sites for hydroxylation is 1. The molecule has 1 unspecified atom stereocenters. The predicted octanol–water partition coefficient (Wildman–Crippen LogP) is 2.76. The third kappa shape index (κ3) is 4.35. The maximum absolute atomic E-state index is 13.4. The molecular weight excluding hydrogens is 229 g/mol. The van der Waals surface area contributed by atoms with Gasteiger partial charge < -0.3 is 11.1 Å². The highest BCUT2D eigenvalue weighted by molar-refractivity contribution is 5.78. The van der Waals surface area contributed by atoms with Gasteiger partial charge in [-0.15, -0.1) is 0 Å². The van der Waals surface area contributed by atoms with E-state index in [1.807, 2.05) is 13.0 Å². The zero-order valence-electron chi connectivity index (χ0n) is 11.5. The summed E-state index contributed by atoms with van der Waals surface area (Å²) in [6.45, 7) is 8.52. The smallest absolute Gasteiger partial charge is 0.189 e. The van der Waals surface area contributed by atoms with Gasteiger partial charge in [0.25, 0.3) is 0 Å². The number of hydrogen-bond donors (Lipinski definition) is 2. The van der Waals surface area contributed by atoms with Crippen molar-refractivity contribution in [2.45, 2.75) is 33.7 Å². The van der Waals surface area contributed by atoms with Crippen LogP contribution in [0.5, 0.6) is 0 Å². The number of nitrogens with two attached hydrogens (primary N) is 1. The first-order valence-corrected chi connectivity index (χ1v) is 6.22. The highest BCUT2D eigenvalue weighted by atomic mass is 19.1. The highest BCUT2D eigenvalue weighted by Gasteiger charge is 2.08. The molecule has 3 N–H and O–H groups in total. The Labute approximate surface area is 108 Å². The molecule has 0 aromatic heterocycles. The van der Waals surface area contributed by atoms with Crippen molar-refractivity contribution in [1.82, 2.24) is 5.32 Å². The molecule has 0 saturated heterocycles. The van der Waals surface area contributed by atoms with Gasteiger partial charge in [-0.25, -0.2) is 4.39 Å². The van der Waals surface area contributed by atoms with Crippen LogP contribution in [0.15, 0.2) is 23.2 Å². The molecule has 0 heterocycles. The normalized spacial score (nSPS) is 13.8. The summed E-state index contributed by atoms with van der Waals surface area (Å²) in [4.78, 5) is 4.22. The van der Waals surface area contributed by atoms with Gasteiger partial charge in [0.1, 0.15) is 5.82 Å². The lowest BCUT2D eigenvalue weighted by Crippen LogP contribution is -2.34. The van der Waals surface area contributed by atoms with Crippen LogP contribution in [0.4, 0.5) is 4.39 Å². The molecule has 4 heteroatoms. The first-order valence-electron chi connectivity index (χ1n) is 6.22. The lowest BCUT2D eigenvalue weighted by atomic mass is 10.1. The zero-order valence-corrected chi connectivity index (χ0v) is 11.5. The minimum absolute atomic E-state index is 0.0592. The third-order valence-electron chi connectivity index (χ3n) is 2.69. The van der Waals surface area contributed by atoms with Crippen molar-refractivity contribution in [3.8, 4) is 0 Å². The van der Waals surface area contributed by atoms with Crippen molar-refractivity contribution in [1.29, 1.82) is 0 Å². The summed E-state index contributed by atoms with van der Waals surface area (Å²) in [6.07, 6.45) is 0. The first-order chi connectivity index (χ1) is 8.40. The van der Waals surface area contributed by atoms with Crippen molar-refractivity contribution >= 4 is 5.96 Å². The second-order valence-corrected chi connectivity index (χ2v) is 4.99. The summed E-state index contributed by atoms with van der Waals surface area (Å²) in [7, 11) is 0. The van der Waals surface area contributed by atoms with Crippen molar-refractivity contribution in [2.24, 2.45) is 16.6 Å². The van der Waals surface area contributed by atoms with E-state index < -0.39 is 0 Å². The van der Waals surface area contributed by atoms with E-state index in [-0.39, 0.29) is 11.9 Å². The van der Waals surface area contributed by atoms with Gasteiger partial charge in [0.2, 0.25) is 0 Å². The largest absolute Gasteiger partial charge is 0.370 e. The molecule has 3 nitrogen and oxygen atoms in total. The second kappa shape index (κ2) is 6.38. The Morgan fingerprint density at radius 2 is 2.06 bits per heavy atom. The van der Waals surface area contributed by atoms with Gasteiger partial charge in [0, 0.05) is 6.54 Å². The van der Waals surface area contributed by atoms with E-state index in [4.69, 9.17) is 5.73 Å². The fraction of sp³-hybridized carbons (Fsp3) is 0.500. The summed E-state index contributed by atoms with van der Waals surface area (Å²) in [5.41, 5.74) is 7.28. The molecule has 1 aromatic rings. The van der Waals surface area contributed by atoms with Gasteiger partial charge in [-0.2, -0.15) is 0 Å². The zero-order chi connectivity index (χ0) is 13.7. The molecule has 100 valence electrons. The van der Waals surface area contributed by atoms with E-state index in [1.54, 1.807) is 13.0 Å². The Kier molecular flexibility index (Phi) is 5.13. The Morgan fingerprint density at radius 3 is 2.61 bits per heavy atom. The molecule has 1 rings (SSSR count). The van der Waals surface area contributed by atoms with Crippen LogP contribution < -0.4 is 11.1 Å². The molecule has 0 aliphatic carbocycles. The Bertz CT molecular complexity index is 427. The first kappa shape index (κ1) is 14.5. The van der Waals surface area contributed by atoms with E-state index in [9.17, 15) is 4.39 Å². The van der Waals surface area contributed by atoms with Gasteiger partial charge in [0.15, 0.2) is 5.96 Å². The Hall–Kier alpha value is -1.58. The van der Waals surface area contributed by atoms with Crippen molar-refractivity contribution in [3.05, 3.63) is 35.1 Å². The van der Waals surface area contributed by atoms with Crippen LogP contribution in [0.25, 0.3) is 0 Å². The Balaban J connectivity index is 2.67. The van der Waals surface area contributed by atoms with Crippen LogP contribution in [0.3, 0.4) is 0 Å². The molecule has 0 aliphatic rings. The lowest BCUT2D eigenvalue weighted by molar-refractivity contribution is 0.608. The van der Waals surface area contributed by atoms with Gasteiger partial charge in [-0.1, -0.05) is 26.0 Å². The van der Waals surface area contributed by atoms with Crippen molar-refractivity contribution < 1.29 is 4.39 Å². The second-order valence-electron chi connectivity index (χ2n) is 4.99. The molecule has 0 spiro atoms. The molecule has 0 fully saturated rings. The van der Waals surface area contributed by atoms with E-state index in [1.165, 1.54) is 6.07 Å². The fourth-order valence-corrected chi connectivity index (χ4v) is 1.51. The molecular formula is C14H22FN3. The van der Waals surface area contributed by atoms with Crippen LogP contribution in [-0.4, -0.2) is 12.5 Å². The van der Waals surface area contributed by atoms with Crippen LogP contribution >= 0.6 is 0 Å². The summed E-state index contributed by atoms with van der Waals surface area (Å²) in [6, 6.07) is 5.13. The van der Waals surface area contributed by atoms with Crippen LogP contribution in [0, 0.1) is 18.7 Å².